The Hall–Kier alpha value is -3.94. The molecule has 0 aliphatic heterocycles. The van der Waals surface area contributed by atoms with Crippen molar-refractivity contribution in [3.8, 4) is 22.9 Å². The maximum Gasteiger partial charge on any atom is 0.251 e. The Balaban J connectivity index is 1.60. The van der Waals surface area contributed by atoms with E-state index in [1.807, 2.05) is 32.0 Å². The van der Waals surface area contributed by atoms with Gasteiger partial charge in [0.2, 0.25) is 5.88 Å². The highest BCUT2D eigenvalue weighted by Gasteiger charge is 2.13. The molecule has 8 heteroatoms. The van der Waals surface area contributed by atoms with Gasteiger partial charge in [-0.1, -0.05) is 0 Å². The first-order valence-corrected chi connectivity index (χ1v) is 10.4. The number of hydrogen-bond acceptors (Lipinski definition) is 6. The van der Waals surface area contributed by atoms with Crippen molar-refractivity contribution in [3.63, 3.8) is 0 Å². The van der Waals surface area contributed by atoms with E-state index in [0.29, 0.717) is 48.0 Å². The van der Waals surface area contributed by atoms with Gasteiger partial charge in [-0.3, -0.25) is 9.89 Å². The zero-order valence-electron chi connectivity index (χ0n) is 18.3. The minimum absolute atomic E-state index is 0.149. The van der Waals surface area contributed by atoms with Gasteiger partial charge < -0.3 is 14.8 Å². The van der Waals surface area contributed by atoms with Crippen LogP contribution in [-0.2, 0) is 6.42 Å². The number of pyridine rings is 2. The van der Waals surface area contributed by atoms with Crippen LogP contribution in [0.4, 0.5) is 0 Å². The Labute approximate surface area is 186 Å². The number of amides is 1. The number of aryl methyl sites for hydroxylation is 1. The highest BCUT2D eigenvalue weighted by molar-refractivity contribution is 5.99. The van der Waals surface area contributed by atoms with Crippen LogP contribution in [0.2, 0.25) is 0 Å². The molecule has 0 unspecified atom stereocenters. The third-order valence-corrected chi connectivity index (χ3v) is 5.19. The van der Waals surface area contributed by atoms with E-state index in [2.05, 4.69) is 20.5 Å². The van der Waals surface area contributed by atoms with Crippen molar-refractivity contribution in [3.05, 3.63) is 65.6 Å². The summed E-state index contributed by atoms with van der Waals surface area (Å²) in [7, 11) is 1.58. The molecular formula is C24H25N5O3. The first-order chi connectivity index (χ1) is 15.6. The fourth-order valence-electron chi connectivity index (χ4n) is 3.45. The quantitative estimate of drug-likeness (QED) is 0.441. The van der Waals surface area contributed by atoms with E-state index in [-0.39, 0.29) is 5.91 Å². The molecule has 0 aliphatic rings. The first kappa shape index (κ1) is 21.3. The van der Waals surface area contributed by atoms with Crippen LogP contribution in [0.15, 0.2) is 48.8 Å². The topological polar surface area (TPSA) is 102 Å². The number of rotatable bonds is 8. The van der Waals surface area contributed by atoms with E-state index in [4.69, 9.17) is 14.5 Å². The summed E-state index contributed by atoms with van der Waals surface area (Å²) >= 11 is 0. The number of H-pyrrole nitrogens is 1. The van der Waals surface area contributed by atoms with E-state index < -0.39 is 0 Å². The number of aromatic nitrogens is 4. The molecule has 3 aromatic heterocycles. The molecule has 8 nitrogen and oxygen atoms in total. The number of methoxy groups -OCH3 is 1. The summed E-state index contributed by atoms with van der Waals surface area (Å²) in [5.41, 5.74) is 4.87. The fourth-order valence-corrected chi connectivity index (χ4v) is 3.45. The predicted molar refractivity (Wildman–Crippen MR) is 122 cm³/mol. The number of carbonyl (C=O) groups is 1. The average molecular weight is 431 g/mol. The number of fused-ring (bicyclic) bond motifs is 1. The summed E-state index contributed by atoms with van der Waals surface area (Å²) in [5.74, 6) is 1.10. The Morgan fingerprint density at radius 3 is 2.72 bits per heavy atom. The lowest BCUT2D eigenvalue weighted by Gasteiger charge is -2.12. The van der Waals surface area contributed by atoms with Crippen molar-refractivity contribution in [2.75, 3.05) is 20.3 Å². The number of aromatic amines is 1. The number of carbonyl (C=O) groups excluding carboxylic acids is 1. The molecule has 164 valence electrons. The molecule has 4 aromatic rings. The minimum Gasteiger partial charge on any atom is -0.493 e. The summed E-state index contributed by atoms with van der Waals surface area (Å²) < 4.78 is 11.0. The van der Waals surface area contributed by atoms with Gasteiger partial charge in [0.25, 0.3) is 5.91 Å². The highest BCUT2D eigenvalue weighted by atomic mass is 16.5. The molecule has 0 spiro atoms. The summed E-state index contributed by atoms with van der Waals surface area (Å²) in [4.78, 5) is 21.7. The lowest BCUT2D eigenvalue weighted by Crippen LogP contribution is -2.25. The molecule has 0 saturated heterocycles. The van der Waals surface area contributed by atoms with E-state index in [1.54, 1.807) is 37.7 Å². The Bertz CT molecular complexity index is 1230. The monoisotopic (exact) mass is 431 g/mol. The predicted octanol–water partition coefficient (Wildman–Crippen LogP) is 3.71. The second kappa shape index (κ2) is 9.47. The van der Waals surface area contributed by atoms with Crippen molar-refractivity contribution in [1.82, 2.24) is 25.5 Å². The largest absolute Gasteiger partial charge is 0.493 e. The molecule has 0 atom stereocenters. The highest BCUT2D eigenvalue weighted by Crippen LogP contribution is 2.31. The maximum atomic E-state index is 12.7. The molecule has 32 heavy (non-hydrogen) atoms. The summed E-state index contributed by atoms with van der Waals surface area (Å²) in [5, 5.41) is 10.7. The van der Waals surface area contributed by atoms with E-state index >= 15 is 0 Å². The Morgan fingerprint density at radius 2 is 2.03 bits per heavy atom. The number of benzene rings is 1. The van der Waals surface area contributed by atoms with Crippen LogP contribution >= 0.6 is 0 Å². The summed E-state index contributed by atoms with van der Waals surface area (Å²) in [6.07, 6.45) is 4.20. The summed E-state index contributed by atoms with van der Waals surface area (Å²) in [6.45, 7) is 4.94. The number of ether oxygens (including phenoxy) is 2. The van der Waals surface area contributed by atoms with Gasteiger partial charge in [-0.05, 0) is 50.1 Å². The van der Waals surface area contributed by atoms with Crippen LogP contribution in [0.5, 0.6) is 11.6 Å². The zero-order chi connectivity index (χ0) is 22.5. The van der Waals surface area contributed by atoms with Crippen LogP contribution in [0.25, 0.3) is 22.2 Å². The van der Waals surface area contributed by atoms with Crippen molar-refractivity contribution in [2.24, 2.45) is 0 Å². The van der Waals surface area contributed by atoms with Gasteiger partial charge in [-0.25, -0.2) is 9.97 Å². The van der Waals surface area contributed by atoms with Crippen molar-refractivity contribution in [1.29, 1.82) is 0 Å². The minimum atomic E-state index is -0.149. The van der Waals surface area contributed by atoms with Crippen molar-refractivity contribution in [2.45, 2.75) is 20.3 Å². The second-order valence-electron chi connectivity index (χ2n) is 7.29. The lowest BCUT2D eigenvalue weighted by molar-refractivity contribution is 0.0954. The van der Waals surface area contributed by atoms with Gasteiger partial charge in [-0.15, -0.1) is 0 Å². The normalized spacial score (nSPS) is 10.8. The fraction of sp³-hybridized carbons (Fsp3) is 0.250. The molecule has 0 radical (unpaired) electrons. The molecule has 0 bridgehead atoms. The van der Waals surface area contributed by atoms with Crippen molar-refractivity contribution >= 4 is 16.8 Å². The number of nitrogens with zero attached hydrogens (tertiary/aromatic N) is 3. The molecule has 2 N–H and O–H groups in total. The Kier molecular flexibility index (Phi) is 6.30. The zero-order valence-corrected chi connectivity index (χ0v) is 18.3. The number of nitrogens with one attached hydrogen (secondary N) is 2. The van der Waals surface area contributed by atoms with Crippen LogP contribution in [0, 0.1) is 6.92 Å². The molecule has 3 heterocycles. The van der Waals surface area contributed by atoms with Crippen LogP contribution in [0.1, 0.15) is 28.5 Å². The summed E-state index contributed by atoms with van der Waals surface area (Å²) in [6, 6.07) is 11.0. The van der Waals surface area contributed by atoms with Gasteiger partial charge in [0.1, 0.15) is 5.75 Å². The molecule has 0 aliphatic carbocycles. The number of hydrogen-bond donors (Lipinski definition) is 2. The van der Waals surface area contributed by atoms with Gasteiger partial charge in [0.05, 0.1) is 31.1 Å². The first-order valence-electron chi connectivity index (χ1n) is 10.4. The van der Waals surface area contributed by atoms with Gasteiger partial charge >= 0.3 is 0 Å². The smallest absolute Gasteiger partial charge is 0.251 e. The van der Waals surface area contributed by atoms with E-state index in [1.165, 1.54) is 0 Å². The standard InChI is InChI=1S/C24H25N5O3/c1-4-32-22-12-20(18-6-8-23(31-3)26-13-18)28-21-11-16(5-7-19(21)22)24(30)25-10-9-17-14-27-29-15(17)2/h5-8,11-14H,4,9-10H2,1-3H3,(H,25,30)(H,27,29). The molecule has 1 amide bonds. The third kappa shape index (κ3) is 4.54. The van der Waals surface area contributed by atoms with E-state index in [0.717, 1.165) is 22.2 Å². The van der Waals surface area contributed by atoms with Gasteiger partial charge in [-0.2, -0.15) is 5.10 Å². The molecule has 0 fully saturated rings. The molecule has 1 aromatic carbocycles. The SMILES string of the molecule is CCOc1cc(-c2ccc(OC)nc2)nc2cc(C(=O)NCCc3cn[nH]c3C)ccc12. The van der Waals surface area contributed by atoms with E-state index in [9.17, 15) is 4.79 Å². The second-order valence-corrected chi connectivity index (χ2v) is 7.29. The molecular weight excluding hydrogens is 406 g/mol. The Morgan fingerprint density at radius 1 is 1.16 bits per heavy atom. The van der Waals surface area contributed by atoms with Crippen LogP contribution < -0.4 is 14.8 Å². The van der Waals surface area contributed by atoms with Crippen LogP contribution in [-0.4, -0.2) is 46.3 Å². The molecule has 0 saturated carbocycles. The van der Waals surface area contributed by atoms with Crippen molar-refractivity contribution < 1.29 is 14.3 Å². The molecule has 4 rings (SSSR count). The van der Waals surface area contributed by atoms with Crippen LogP contribution in [0.3, 0.4) is 0 Å². The lowest BCUT2D eigenvalue weighted by atomic mass is 10.1. The maximum absolute atomic E-state index is 12.7. The van der Waals surface area contributed by atoms with Gasteiger partial charge in [0, 0.05) is 47.1 Å². The van der Waals surface area contributed by atoms with Gasteiger partial charge in [0.15, 0.2) is 0 Å². The third-order valence-electron chi connectivity index (χ3n) is 5.19. The average Bonchev–Trinajstić information content (AvgIpc) is 3.23.